The van der Waals surface area contributed by atoms with Crippen LogP contribution in [0.25, 0.3) is 0 Å². The van der Waals surface area contributed by atoms with Gasteiger partial charge in [0.2, 0.25) is 0 Å². The van der Waals surface area contributed by atoms with E-state index < -0.39 is 12.0 Å². The quantitative estimate of drug-likeness (QED) is 0.689. The van der Waals surface area contributed by atoms with Crippen LogP contribution in [0, 0.1) is 5.82 Å². The third-order valence-electron chi connectivity index (χ3n) is 2.89. The average Bonchev–Trinajstić information content (AvgIpc) is 2.38. The number of rotatable bonds is 3. The van der Waals surface area contributed by atoms with E-state index in [1.807, 2.05) is 0 Å². The van der Waals surface area contributed by atoms with Crippen molar-refractivity contribution >= 4 is 22.9 Å². The molecule has 20 heavy (non-hydrogen) atoms. The second-order valence-corrected chi connectivity index (χ2v) is 4.62. The molecule has 0 aromatic heterocycles. The molecule has 1 heterocycles. The van der Waals surface area contributed by atoms with Gasteiger partial charge in [-0.25, -0.2) is 14.2 Å². The molecule has 106 valence electrons. The number of carbonyl (C=O) groups is 1. The first-order valence-corrected chi connectivity index (χ1v) is 6.54. The van der Waals surface area contributed by atoms with Gasteiger partial charge in [0.15, 0.2) is 5.29 Å². The fourth-order valence-electron chi connectivity index (χ4n) is 2.00. The highest BCUT2D eigenvalue weighted by Gasteiger charge is 2.29. The van der Waals surface area contributed by atoms with Gasteiger partial charge in [0.1, 0.15) is 11.9 Å². The highest BCUT2D eigenvalue weighted by molar-refractivity contribution is 6.65. The Labute approximate surface area is 121 Å². The van der Waals surface area contributed by atoms with Crippen LogP contribution in [-0.4, -0.2) is 17.9 Å². The summed E-state index contributed by atoms with van der Waals surface area (Å²) in [7, 11) is 0. The Hall–Kier alpha value is -1.88. The fraction of sp³-hybridized carbons (Fsp3) is 0.286. The molecule has 6 heteroatoms. The molecule has 1 aliphatic heterocycles. The molecule has 0 saturated carbocycles. The maximum absolute atomic E-state index is 13.0. The van der Waals surface area contributed by atoms with Gasteiger partial charge in [-0.1, -0.05) is 12.1 Å². The van der Waals surface area contributed by atoms with Crippen molar-refractivity contribution in [1.29, 1.82) is 0 Å². The summed E-state index contributed by atoms with van der Waals surface area (Å²) in [6, 6.07) is 5.19. The van der Waals surface area contributed by atoms with Crippen LogP contribution in [0.15, 0.2) is 40.5 Å². The molecular formula is C14H14ClFN2O2. The number of allylic oxidation sites excluding steroid dienone is 1. The molecule has 1 aromatic rings. The largest absolute Gasteiger partial charge is 0.463 e. The second kappa shape index (κ2) is 6.05. The van der Waals surface area contributed by atoms with E-state index in [4.69, 9.17) is 16.3 Å². The number of amidine groups is 1. The molecule has 1 aromatic carbocycles. The van der Waals surface area contributed by atoms with Crippen molar-refractivity contribution in [2.24, 2.45) is 4.99 Å². The molecule has 1 aliphatic rings. The highest BCUT2D eigenvalue weighted by atomic mass is 35.5. The molecule has 2 rings (SSSR count). The summed E-state index contributed by atoms with van der Waals surface area (Å²) >= 11 is 5.91. The molecule has 0 aliphatic carbocycles. The summed E-state index contributed by atoms with van der Waals surface area (Å²) in [5.41, 5.74) is 1.63. The Kier molecular flexibility index (Phi) is 4.39. The van der Waals surface area contributed by atoms with E-state index in [0.717, 1.165) is 0 Å². The standard InChI is InChI=1S/C14H14ClFN2O2/c1-3-20-13(19)11-8(2)17-14(15)18-12(11)9-4-6-10(16)7-5-9/h4-7,12H,3H2,1-2H3,(H,17,18). The van der Waals surface area contributed by atoms with Crippen LogP contribution in [0.4, 0.5) is 4.39 Å². The van der Waals surface area contributed by atoms with Gasteiger partial charge in [-0.3, -0.25) is 0 Å². The van der Waals surface area contributed by atoms with Gasteiger partial charge >= 0.3 is 5.97 Å². The number of nitrogens with zero attached hydrogens (tertiary/aromatic N) is 1. The topological polar surface area (TPSA) is 50.7 Å². The Morgan fingerprint density at radius 1 is 1.45 bits per heavy atom. The van der Waals surface area contributed by atoms with Gasteiger partial charge in [-0.05, 0) is 43.1 Å². The van der Waals surface area contributed by atoms with Crippen molar-refractivity contribution in [3.63, 3.8) is 0 Å². The van der Waals surface area contributed by atoms with Crippen LogP contribution in [0.5, 0.6) is 0 Å². The summed E-state index contributed by atoms with van der Waals surface area (Å²) in [5.74, 6) is -0.809. The number of carbonyl (C=O) groups excluding carboxylic acids is 1. The lowest BCUT2D eigenvalue weighted by atomic mass is 9.96. The van der Waals surface area contributed by atoms with E-state index in [-0.39, 0.29) is 17.7 Å². The van der Waals surface area contributed by atoms with Gasteiger partial charge in [-0.15, -0.1) is 0 Å². The zero-order valence-electron chi connectivity index (χ0n) is 11.1. The Morgan fingerprint density at radius 3 is 2.70 bits per heavy atom. The predicted octanol–water partition coefficient (Wildman–Crippen LogP) is 2.90. The SMILES string of the molecule is CCOC(=O)C1=C(C)NC(Cl)=NC1c1ccc(F)cc1. The number of esters is 1. The molecule has 1 N–H and O–H groups in total. The van der Waals surface area contributed by atoms with Crippen molar-refractivity contribution in [3.05, 3.63) is 46.9 Å². The molecule has 1 unspecified atom stereocenters. The minimum absolute atomic E-state index is 0.185. The van der Waals surface area contributed by atoms with Crippen molar-refractivity contribution in [3.8, 4) is 0 Å². The zero-order valence-corrected chi connectivity index (χ0v) is 11.9. The Morgan fingerprint density at radius 2 is 2.10 bits per heavy atom. The second-order valence-electron chi connectivity index (χ2n) is 4.26. The van der Waals surface area contributed by atoms with Gasteiger partial charge < -0.3 is 10.1 Å². The summed E-state index contributed by atoms with van der Waals surface area (Å²) in [6.45, 7) is 3.72. The maximum atomic E-state index is 13.0. The van der Waals surface area contributed by atoms with E-state index in [1.54, 1.807) is 26.0 Å². The average molecular weight is 297 g/mol. The first kappa shape index (κ1) is 14.5. The van der Waals surface area contributed by atoms with Crippen molar-refractivity contribution in [2.45, 2.75) is 19.9 Å². The molecule has 0 amide bonds. The van der Waals surface area contributed by atoms with Gasteiger partial charge in [0, 0.05) is 5.70 Å². The summed E-state index contributed by atoms with van der Waals surface area (Å²) in [5, 5.41) is 2.98. The van der Waals surface area contributed by atoms with E-state index in [0.29, 0.717) is 16.8 Å². The minimum Gasteiger partial charge on any atom is -0.463 e. The number of nitrogens with one attached hydrogen (secondary N) is 1. The summed E-state index contributed by atoms with van der Waals surface area (Å²) in [4.78, 5) is 16.3. The van der Waals surface area contributed by atoms with Crippen molar-refractivity contribution < 1.29 is 13.9 Å². The number of ether oxygens (including phenoxy) is 1. The molecule has 4 nitrogen and oxygen atoms in total. The number of hydrogen-bond acceptors (Lipinski definition) is 4. The fourth-order valence-corrected chi connectivity index (χ4v) is 2.24. The van der Waals surface area contributed by atoms with Crippen LogP contribution in [0.3, 0.4) is 0 Å². The first-order valence-electron chi connectivity index (χ1n) is 6.16. The smallest absolute Gasteiger partial charge is 0.338 e. The number of aliphatic imine (C=N–C) groups is 1. The first-order chi connectivity index (χ1) is 9.52. The molecular weight excluding hydrogens is 283 g/mol. The van der Waals surface area contributed by atoms with Crippen molar-refractivity contribution in [2.75, 3.05) is 6.61 Å². The monoisotopic (exact) mass is 296 g/mol. The molecule has 0 bridgehead atoms. The van der Waals surface area contributed by atoms with E-state index >= 15 is 0 Å². The summed E-state index contributed by atoms with van der Waals surface area (Å²) < 4.78 is 18.0. The third kappa shape index (κ3) is 2.99. The van der Waals surface area contributed by atoms with Crippen molar-refractivity contribution in [1.82, 2.24) is 5.32 Å². The van der Waals surface area contributed by atoms with Crippen LogP contribution in [0.1, 0.15) is 25.5 Å². The zero-order chi connectivity index (χ0) is 14.7. The van der Waals surface area contributed by atoms with Gasteiger partial charge in [-0.2, -0.15) is 0 Å². The van der Waals surface area contributed by atoms with E-state index in [1.165, 1.54) is 12.1 Å². The minimum atomic E-state index is -0.594. The number of benzene rings is 1. The number of hydrogen-bond donors (Lipinski definition) is 1. The lowest BCUT2D eigenvalue weighted by molar-refractivity contribution is -0.138. The maximum Gasteiger partial charge on any atom is 0.338 e. The lowest BCUT2D eigenvalue weighted by Crippen LogP contribution is -2.29. The highest BCUT2D eigenvalue weighted by Crippen LogP contribution is 2.31. The van der Waals surface area contributed by atoms with Gasteiger partial charge in [0.05, 0.1) is 12.2 Å². The summed E-state index contributed by atoms with van der Waals surface area (Å²) in [6.07, 6.45) is 0. The van der Waals surface area contributed by atoms with Crippen LogP contribution in [0.2, 0.25) is 0 Å². The predicted molar refractivity (Wildman–Crippen MR) is 74.9 cm³/mol. The Balaban J connectivity index is 2.42. The third-order valence-corrected chi connectivity index (χ3v) is 3.08. The van der Waals surface area contributed by atoms with Crippen LogP contribution >= 0.6 is 11.6 Å². The molecule has 0 fully saturated rings. The molecule has 0 radical (unpaired) electrons. The van der Waals surface area contributed by atoms with E-state index in [2.05, 4.69) is 10.3 Å². The molecule has 0 spiro atoms. The number of halogens is 2. The molecule has 0 saturated heterocycles. The molecule has 1 atom stereocenters. The lowest BCUT2D eigenvalue weighted by Gasteiger charge is -2.23. The van der Waals surface area contributed by atoms with E-state index in [9.17, 15) is 9.18 Å². The normalized spacial score (nSPS) is 18.4. The van der Waals surface area contributed by atoms with Crippen LogP contribution < -0.4 is 5.32 Å². The van der Waals surface area contributed by atoms with Crippen LogP contribution in [-0.2, 0) is 9.53 Å². The van der Waals surface area contributed by atoms with Gasteiger partial charge in [0.25, 0.3) is 0 Å². The Bertz CT molecular complexity index is 581.